The number of aromatic nitrogens is 1. The van der Waals surface area contributed by atoms with E-state index in [1.807, 2.05) is 4.90 Å². The topological polar surface area (TPSA) is 42.3 Å². The van der Waals surface area contributed by atoms with E-state index in [9.17, 15) is 9.59 Å². The Kier molecular flexibility index (Phi) is 3.84. The summed E-state index contributed by atoms with van der Waals surface area (Å²) in [5, 5.41) is 0. The number of nitrogens with zero attached hydrogens (tertiary/aromatic N) is 2. The molecule has 2 heterocycles. The van der Waals surface area contributed by atoms with E-state index < -0.39 is 0 Å². The van der Waals surface area contributed by atoms with Crippen LogP contribution in [0.5, 0.6) is 0 Å². The van der Waals surface area contributed by atoms with E-state index in [2.05, 4.69) is 6.92 Å². The van der Waals surface area contributed by atoms with Gasteiger partial charge in [-0.3, -0.25) is 9.59 Å². The molecular formula is C14H20N2O2. The van der Waals surface area contributed by atoms with E-state index in [4.69, 9.17) is 0 Å². The highest BCUT2D eigenvalue weighted by Gasteiger charge is 2.19. The number of hydrogen-bond donors (Lipinski definition) is 0. The molecule has 0 saturated carbocycles. The molecule has 2 rings (SSSR count). The van der Waals surface area contributed by atoms with Gasteiger partial charge in [-0.15, -0.1) is 0 Å². The van der Waals surface area contributed by atoms with Crippen molar-refractivity contribution in [3.05, 3.63) is 34.2 Å². The minimum atomic E-state index is -0.0870. The van der Waals surface area contributed by atoms with Crippen molar-refractivity contribution in [2.75, 3.05) is 13.1 Å². The maximum atomic E-state index is 12.3. The van der Waals surface area contributed by atoms with Gasteiger partial charge in [-0.2, -0.15) is 0 Å². The highest BCUT2D eigenvalue weighted by molar-refractivity contribution is 5.93. The summed E-state index contributed by atoms with van der Waals surface area (Å²) in [4.78, 5) is 25.5. The summed E-state index contributed by atoms with van der Waals surface area (Å²) in [5.74, 6) is 0.739. The maximum absolute atomic E-state index is 12.3. The van der Waals surface area contributed by atoms with Gasteiger partial charge in [-0.25, -0.2) is 0 Å². The second-order valence-corrected chi connectivity index (χ2v) is 5.20. The van der Waals surface area contributed by atoms with Crippen LogP contribution >= 0.6 is 0 Å². The SMILES string of the molecule is C[C@H]1CCCN(C(=O)c2ccc(=O)n(C)c2)CC1. The molecule has 1 atom stereocenters. The fraction of sp³-hybridized carbons (Fsp3) is 0.571. The second kappa shape index (κ2) is 5.38. The number of carbonyl (C=O) groups excluding carboxylic acids is 1. The summed E-state index contributed by atoms with van der Waals surface area (Å²) in [5.41, 5.74) is 0.516. The Hall–Kier alpha value is -1.58. The van der Waals surface area contributed by atoms with Crippen LogP contribution in [0.2, 0.25) is 0 Å². The van der Waals surface area contributed by atoms with Gasteiger partial charge in [0, 0.05) is 32.4 Å². The largest absolute Gasteiger partial charge is 0.339 e. The smallest absolute Gasteiger partial charge is 0.255 e. The van der Waals surface area contributed by atoms with Gasteiger partial charge in [-0.1, -0.05) is 6.92 Å². The van der Waals surface area contributed by atoms with Crippen molar-refractivity contribution in [3.63, 3.8) is 0 Å². The lowest BCUT2D eigenvalue weighted by Gasteiger charge is -2.20. The number of amides is 1. The summed E-state index contributed by atoms with van der Waals surface area (Å²) in [6.45, 7) is 3.88. The van der Waals surface area contributed by atoms with Crippen LogP contribution in [0.25, 0.3) is 0 Å². The average Bonchev–Trinajstić information content (AvgIpc) is 2.57. The molecule has 4 nitrogen and oxygen atoms in total. The standard InChI is InChI=1S/C14H20N2O2/c1-11-4-3-8-16(9-7-11)14(18)12-5-6-13(17)15(2)10-12/h5-6,10-11H,3-4,7-9H2,1-2H3/t11-/m0/s1. The summed E-state index contributed by atoms with van der Waals surface area (Å²) in [6.07, 6.45) is 4.95. The minimum Gasteiger partial charge on any atom is -0.339 e. The van der Waals surface area contributed by atoms with Crippen molar-refractivity contribution in [2.24, 2.45) is 13.0 Å². The second-order valence-electron chi connectivity index (χ2n) is 5.20. The molecule has 0 unspecified atom stereocenters. The first kappa shape index (κ1) is 12.9. The molecule has 0 aliphatic carbocycles. The summed E-state index contributed by atoms with van der Waals surface area (Å²) < 4.78 is 1.45. The van der Waals surface area contributed by atoms with Crippen molar-refractivity contribution in [3.8, 4) is 0 Å². The maximum Gasteiger partial charge on any atom is 0.255 e. The van der Waals surface area contributed by atoms with E-state index in [0.717, 1.165) is 25.9 Å². The number of likely N-dealkylation sites (tertiary alicyclic amines) is 1. The zero-order valence-electron chi connectivity index (χ0n) is 11.1. The average molecular weight is 248 g/mol. The van der Waals surface area contributed by atoms with Gasteiger partial charge in [0.15, 0.2) is 0 Å². The third-order valence-electron chi connectivity index (χ3n) is 3.64. The predicted octanol–water partition coefficient (Wildman–Crippen LogP) is 1.65. The van der Waals surface area contributed by atoms with Crippen LogP contribution < -0.4 is 5.56 Å². The van der Waals surface area contributed by atoms with Crippen molar-refractivity contribution >= 4 is 5.91 Å². The van der Waals surface area contributed by atoms with E-state index in [1.54, 1.807) is 19.3 Å². The Morgan fingerprint density at radius 2 is 2.06 bits per heavy atom. The van der Waals surface area contributed by atoms with E-state index in [1.165, 1.54) is 17.1 Å². The van der Waals surface area contributed by atoms with E-state index in [0.29, 0.717) is 11.5 Å². The van der Waals surface area contributed by atoms with Crippen LogP contribution in [0.4, 0.5) is 0 Å². The Morgan fingerprint density at radius 1 is 1.28 bits per heavy atom. The summed E-state index contributed by atoms with van der Waals surface area (Å²) >= 11 is 0. The highest BCUT2D eigenvalue weighted by Crippen LogP contribution is 2.17. The predicted molar refractivity (Wildman–Crippen MR) is 70.6 cm³/mol. The lowest BCUT2D eigenvalue weighted by Crippen LogP contribution is -2.32. The lowest BCUT2D eigenvalue weighted by atomic mass is 10.0. The monoisotopic (exact) mass is 248 g/mol. The summed E-state index contributed by atoms with van der Waals surface area (Å²) in [7, 11) is 1.67. The molecule has 1 aromatic heterocycles. The molecule has 18 heavy (non-hydrogen) atoms. The van der Waals surface area contributed by atoms with Crippen LogP contribution in [-0.2, 0) is 7.05 Å². The van der Waals surface area contributed by atoms with Crippen molar-refractivity contribution in [1.82, 2.24) is 9.47 Å². The fourth-order valence-electron chi connectivity index (χ4n) is 2.37. The van der Waals surface area contributed by atoms with Crippen molar-refractivity contribution < 1.29 is 4.79 Å². The van der Waals surface area contributed by atoms with Gasteiger partial charge < -0.3 is 9.47 Å². The molecule has 1 saturated heterocycles. The van der Waals surface area contributed by atoms with Crippen molar-refractivity contribution in [1.29, 1.82) is 0 Å². The molecule has 1 aromatic rings. The number of carbonyl (C=O) groups is 1. The van der Waals surface area contributed by atoms with Gasteiger partial charge in [-0.05, 0) is 31.2 Å². The zero-order chi connectivity index (χ0) is 13.1. The van der Waals surface area contributed by atoms with Crippen LogP contribution in [-0.4, -0.2) is 28.5 Å². The molecule has 1 aliphatic rings. The Labute approximate surface area is 107 Å². The van der Waals surface area contributed by atoms with Crippen LogP contribution in [0.15, 0.2) is 23.1 Å². The first-order valence-electron chi connectivity index (χ1n) is 6.54. The third-order valence-corrected chi connectivity index (χ3v) is 3.64. The Balaban J connectivity index is 2.15. The number of pyridine rings is 1. The molecule has 0 spiro atoms. The summed E-state index contributed by atoms with van der Waals surface area (Å²) in [6, 6.07) is 3.08. The third kappa shape index (κ3) is 2.81. The molecule has 0 bridgehead atoms. The van der Waals surface area contributed by atoms with Gasteiger partial charge in [0.05, 0.1) is 5.56 Å². The van der Waals surface area contributed by atoms with Crippen molar-refractivity contribution in [2.45, 2.75) is 26.2 Å². The van der Waals surface area contributed by atoms with Gasteiger partial charge >= 0.3 is 0 Å². The molecule has 1 aliphatic heterocycles. The molecule has 98 valence electrons. The Morgan fingerprint density at radius 3 is 2.78 bits per heavy atom. The molecule has 1 amide bonds. The minimum absolute atomic E-state index is 0.0414. The van der Waals surface area contributed by atoms with E-state index >= 15 is 0 Å². The quantitative estimate of drug-likeness (QED) is 0.758. The van der Waals surface area contributed by atoms with Crippen LogP contribution in [0.1, 0.15) is 36.5 Å². The highest BCUT2D eigenvalue weighted by atomic mass is 16.2. The number of hydrogen-bond acceptors (Lipinski definition) is 2. The van der Waals surface area contributed by atoms with Crippen LogP contribution in [0, 0.1) is 5.92 Å². The zero-order valence-corrected chi connectivity index (χ0v) is 11.1. The molecule has 4 heteroatoms. The van der Waals surface area contributed by atoms with E-state index in [-0.39, 0.29) is 11.5 Å². The first-order chi connectivity index (χ1) is 8.58. The first-order valence-corrected chi connectivity index (χ1v) is 6.54. The number of rotatable bonds is 1. The Bertz CT molecular complexity index is 493. The lowest BCUT2D eigenvalue weighted by molar-refractivity contribution is 0.0759. The van der Waals surface area contributed by atoms with Gasteiger partial charge in [0.25, 0.3) is 5.91 Å². The molecule has 1 fully saturated rings. The van der Waals surface area contributed by atoms with Gasteiger partial charge in [0.1, 0.15) is 0 Å². The molecule has 0 aromatic carbocycles. The normalized spacial score (nSPS) is 20.6. The van der Waals surface area contributed by atoms with Gasteiger partial charge in [0.2, 0.25) is 5.56 Å². The fourth-order valence-corrected chi connectivity index (χ4v) is 2.37. The molecule has 0 radical (unpaired) electrons. The molecular weight excluding hydrogens is 228 g/mol. The van der Waals surface area contributed by atoms with Crippen LogP contribution in [0.3, 0.4) is 0 Å². The molecule has 0 N–H and O–H groups in total. The number of aryl methyl sites for hydroxylation is 1.